The van der Waals surface area contributed by atoms with Gasteiger partial charge < -0.3 is 14.8 Å². The summed E-state index contributed by atoms with van der Waals surface area (Å²) in [5.41, 5.74) is 1.34. The molecular formula is C16H22BrNO2. The molecular weight excluding hydrogens is 318 g/mol. The van der Waals surface area contributed by atoms with Gasteiger partial charge in [-0.25, -0.2) is 0 Å². The molecule has 1 N–H and O–H groups in total. The van der Waals surface area contributed by atoms with E-state index in [1.54, 1.807) is 0 Å². The van der Waals surface area contributed by atoms with Crippen LogP contribution in [0.25, 0.3) is 0 Å². The van der Waals surface area contributed by atoms with Crippen molar-refractivity contribution in [2.24, 2.45) is 0 Å². The van der Waals surface area contributed by atoms with Gasteiger partial charge in [0.2, 0.25) is 0 Å². The van der Waals surface area contributed by atoms with Gasteiger partial charge in [-0.05, 0) is 37.5 Å². The highest BCUT2D eigenvalue weighted by Gasteiger charge is 2.40. The average Bonchev–Trinajstić information content (AvgIpc) is 2.91. The minimum Gasteiger partial charge on any atom is -0.348 e. The van der Waals surface area contributed by atoms with Crippen LogP contribution in [0.1, 0.15) is 44.2 Å². The van der Waals surface area contributed by atoms with Crippen molar-refractivity contribution in [3.05, 3.63) is 34.3 Å². The van der Waals surface area contributed by atoms with Crippen molar-refractivity contribution in [2.45, 2.75) is 50.5 Å². The first-order valence-corrected chi connectivity index (χ1v) is 8.26. The lowest BCUT2D eigenvalue weighted by Crippen LogP contribution is -2.42. The summed E-state index contributed by atoms with van der Waals surface area (Å²) < 4.78 is 12.7. The van der Waals surface area contributed by atoms with E-state index in [-0.39, 0.29) is 5.79 Å². The molecule has 1 spiro atoms. The number of ether oxygens (including phenoxy) is 2. The van der Waals surface area contributed by atoms with Crippen molar-refractivity contribution in [1.29, 1.82) is 0 Å². The fraction of sp³-hybridized carbons (Fsp3) is 0.625. The molecule has 3 nitrogen and oxygen atoms in total. The van der Waals surface area contributed by atoms with Crippen LogP contribution >= 0.6 is 15.9 Å². The van der Waals surface area contributed by atoms with Crippen molar-refractivity contribution >= 4 is 15.9 Å². The van der Waals surface area contributed by atoms with Crippen LogP contribution in [-0.2, 0) is 9.47 Å². The SMILES string of the molecule is C[C@@H](NC1CCC2(CC1)OCCO2)c1ccc(Br)cc1. The van der Waals surface area contributed by atoms with Crippen molar-refractivity contribution in [3.63, 3.8) is 0 Å². The third-order valence-corrected chi connectivity index (χ3v) is 4.95. The molecule has 1 aliphatic heterocycles. The molecule has 1 aliphatic carbocycles. The predicted molar refractivity (Wildman–Crippen MR) is 82.6 cm³/mol. The van der Waals surface area contributed by atoms with Crippen LogP contribution in [0.15, 0.2) is 28.7 Å². The standard InChI is InChI=1S/C16H22BrNO2/c1-12(13-2-4-14(17)5-3-13)18-15-6-8-16(9-7-15)19-10-11-20-16/h2-5,12,15,18H,6-11H2,1H3/t12-/m1/s1. The zero-order valence-corrected chi connectivity index (χ0v) is 13.5. The Labute approximate surface area is 129 Å². The van der Waals surface area contributed by atoms with E-state index in [2.05, 4.69) is 52.4 Å². The van der Waals surface area contributed by atoms with Gasteiger partial charge in [0.05, 0.1) is 13.2 Å². The first kappa shape index (κ1) is 14.5. The summed E-state index contributed by atoms with van der Waals surface area (Å²) >= 11 is 3.48. The molecule has 1 aromatic carbocycles. The minimum atomic E-state index is -0.251. The van der Waals surface area contributed by atoms with Crippen LogP contribution in [0.3, 0.4) is 0 Å². The highest BCUT2D eigenvalue weighted by atomic mass is 79.9. The van der Waals surface area contributed by atoms with Crippen molar-refractivity contribution in [1.82, 2.24) is 5.32 Å². The van der Waals surface area contributed by atoms with Gasteiger partial charge in [0.15, 0.2) is 5.79 Å². The molecule has 1 heterocycles. The molecule has 1 aromatic rings. The largest absolute Gasteiger partial charge is 0.348 e. The number of hydrogen-bond donors (Lipinski definition) is 1. The molecule has 1 saturated carbocycles. The van der Waals surface area contributed by atoms with E-state index >= 15 is 0 Å². The van der Waals surface area contributed by atoms with Gasteiger partial charge in [0, 0.05) is 29.4 Å². The number of halogens is 1. The molecule has 110 valence electrons. The summed E-state index contributed by atoms with van der Waals surface area (Å²) in [5, 5.41) is 3.73. The van der Waals surface area contributed by atoms with Gasteiger partial charge in [-0.15, -0.1) is 0 Å². The van der Waals surface area contributed by atoms with Crippen molar-refractivity contribution < 1.29 is 9.47 Å². The topological polar surface area (TPSA) is 30.5 Å². The molecule has 0 unspecified atom stereocenters. The van der Waals surface area contributed by atoms with Gasteiger partial charge in [-0.1, -0.05) is 28.1 Å². The molecule has 0 radical (unpaired) electrons. The lowest BCUT2D eigenvalue weighted by molar-refractivity contribution is -0.179. The Hall–Kier alpha value is -0.420. The number of nitrogens with one attached hydrogen (secondary N) is 1. The average molecular weight is 340 g/mol. The Kier molecular flexibility index (Phi) is 4.46. The molecule has 1 atom stereocenters. The zero-order chi connectivity index (χ0) is 14.0. The molecule has 0 aromatic heterocycles. The second kappa shape index (κ2) is 6.14. The number of hydrogen-bond acceptors (Lipinski definition) is 3. The summed E-state index contributed by atoms with van der Waals surface area (Å²) in [6.45, 7) is 3.75. The highest BCUT2D eigenvalue weighted by Crippen LogP contribution is 2.36. The van der Waals surface area contributed by atoms with E-state index in [4.69, 9.17) is 9.47 Å². The Bertz CT molecular complexity index is 432. The summed E-state index contributed by atoms with van der Waals surface area (Å²) in [6, 6.07) is 9.50. The first-order chi connectivity index (χ1) is 9.67. The Balaban J connectivity index is 1.52. The van der Waals surface area contributed by atoms with Gasteiger partial charge in [0.1, 0.15) is 0 Å². The van der Waals surface area contributed by atoms with E-state index in [9.17, 15) is 0 Å². The van der Waals surface area contributed by atoms with E-state index in [1.807, 2.05) is 0 Å². The molecule has 2 fully saturated rings. The lowest BCUT2D eigenvalue weighted by Gasteiger charge is -2.36. The third-order valence-electron chi connectivity index (χ3n) is 4.42. The Morgan fingerprint density at radius 3 is 2.35 bits per heavy atom. The molecule has 0 amide bonds. The maximum absolute atomic E-state index is 5.78. The van der Waals surface area contributed by atoms with Gasteiger partial charge in [-0.2, -0.15) is 0 Å². The smallest absolute Gasteiger partial charge is 0.168 e. The van der Waals surface area contributed by atoms with Crippen LogP contribution in [0.2, 0.25) is 0 Å². The molecule has 1 saturated heterocycles. The molecule has 4 heteroatoms. The number of benzene rings is 1. The number of rotatable bonds is 3. The van der Waals surface area contributed by atoms with Gasteiger partial charge in [0.25, 0.3) is 0 Å². The molecule has 2 aliphatic rings. The summed E-state index contributed by atoms with van der Waals surface area (Å²) in [5.74, 6) is -0.251. The Morgan fingerprint density at radius 1 is 1.15 bits per heavy atom. The second-order valence-corrected chi connectivity index (χ2v) is 6.74. The van der Waals surface area contributed by atoms with Crippen LogP contribution in [0, 0.1) is 0 Å². The maximum atomic E-state index is 5.78. The Morgan fingerprint density at radius 2 is 1.75 bits per heavy atom. The van der Waals surface area contributed by atoms with Crippen LogP contribution in [-0.4, -0.2) is 25.0 Å². The molecule has 3 rings (SSSR count). The maximum Gasteiger partial charge on any atom is 0.168 e. The van der Waals surface area contributed by atoms with E-state index in [0.717, 1.165) is 43.4 Å². The minimum absolute atomic E-state index is 0.251. The second-order valence-electron chi connectivity index (χ2n) is 5.82. The van der Waals surface area contributed by atoms with E-state index in [1.165, 1.54) is 5.56 Å². The summed E-state index contributed by atoms with van der Waals surface area (Å²) in [6.07, 6.45) is 4.27. The first-order valence-electron chi connectivity index (χ1n) is 7.46. The lowest BCUT2D eigenvalue weighted by atomic mass is 9.89. The van der Waals surface area contributed by atoms with Crippen molar-refractivity contribution in [3.8, 4) is 0 Å². The predicted octanol–water partition coefficient (Wildman–Crippen LogP) is 3.79. The fourth-order valence-electron chi connectivity index (χ4n) is 3.21. The van der Waals surface area contributed by atoms with E-state index < -0.39 is 0 Å². The van der Waals surface area contributed by atoms with Crippen LogP contribution in [0.5, 0.6) is 0 Å². The van der Waals surface area contributed by atoms with Gasteiger partial charge in [-0.3, -0.25) is 0 Å². The van der Waals surface area contributed by atoms with Crippen LogP contribution in [0.4, 0.5) is 0 Å². The highest BCUT2D eigenvalue weighted by molar-refractivity contribution is 9.10. The quantitative estimate of drug-likeness (QED) is 0.908. The molecule has 0 bridgehead atoms. The van der Waals surface area contributed by atoms with Crippen LogP contribution < -0.4 is 5.32 Å². The van der Waals surface area contributed by atoms with Crippen molar-refractivity contribution in [2.75, 3.05) is 13.2 Å². The summed E-state index contributed by atoms with van der Waals surface area (Å²) in [4.78, 5) is 0. The van der Waals surface area contributed by atoms with E-state index in [0.29, 0.717) is 12.1 Å². The summed E-state index contributed by atoms with van der Waals surface area (Å²) in [7, 11) is 0. The zero-order valence-electron chi connectivity index (χ0n) is 11.9. The fourth-order valence-corrected chi connectivity index (χ4v) is 3.48. The molecule has 20 heavy (non-hydrogen) atoms. The normalized spacial score (nSPS) is 24.1. The monoisotopic (exact) mass is 339 g/mol. The van der Waals surface area contributed by atoms with Gasteiger partial charge >= 0.3 is 0 Å². The third kappa shape index (κ3) is 3.25.